The number of nitrogens with zero attached hydrogens (tertiary/aromatic N) is 1. The highest BCUT2D eigenvalue weighted by Gasteiger charge is 2.11. The van der Waals surface area contributed by atoms with E-state index in [4.69, 9.17) is 16.3 Å². The Kier molecular flexibility index (Phi) is 4.12. The fourth-order valence-electron chi connectivity index (χ4n) is 2.21. The zero-order valence-corrected chi connectivity index (χ0v) is 13.1. The number of nitrogens with one attached hydrogen (secondary N) is 1. The molecule has 6 heteroatoms. The van der Waals surface area contributed by atoms with Crippen LogP contribution >= 0.6 is 11.6 Å². The maximum atomic E-state index is 11.9. The average molecular weight is 329 g/mol. The molecule has 0 amide bonds. The molecule has 2 heterocycles. The van der Waals surface area contributed by atoms with Crippen molar-refractivity contribution in [1.29, 1.82) is 0 Å². The van der Waals surface area contributed by atoms with Gasteiger partial charge in [-0.1, -0.05) is 17.7 Å². The van der Waals surface area contributed by atoms with Crippen molar-refractivity contribution in [2.75, 3.05) is 0 Å². The van der Waals surface area contributed by atoms with Gasteiger partial charge in [0.05, 0.1) is 21.8 Å². The Balaban J connectivity index is 1.96. The van der Waals surface area contributed by atoms with Crippen LogP contribution in [0.5, 0.6) is 5.75 Å². The molecule has 0 fully saturated rings. The van der Waals surface area contributed by atoms with Gasteiger partial charge in [0, 0.05) is 17.6 Å². The zero-order chi connectivity index (χ0) is 16.4. The summed E-state index contributed by atoms with van der Waals surface area (Å²) in [5.41, 5.74) is 1.00. The maximum Gasteiger partial charge on any atom is 0.259 e. The van der Waals surface area contributed by atoms with E-state index in [-0.39, 0.29) is 18.0 Å². The van der Waals surface area contributed by atoms with E-state index in [1.54, 1.807) is 18.3 Å². The van der Waals surface area contributed by atoms with Gasteiger partial charge in [-0.25, -0.2) is 0 Å². The molecule has 0 aliphatic carbocycles. The van der Waals surface area contributed by atoms with E-state index in [0.29, 0.717) is 21.7 Å². The summed E-state index contributed by atoms with van der Waals surface area (Å²) in [6.45, 7) is 1.62. The summed E-state index contributed by atoms with van der Waals surface area (Å²) in [5, 5.41) is 1.07. The van der Waals surface area contributed by atoms with Crippen LogP contribution in [0.2, 0.25) is 5.02 Å². The molecule has 5 nitrogen and oxygen atoms in total. The number of carbonyl (C=O) groups excluding carboxylic acids is 1. The third-order valence-corrected chi connectivity index (χ3v) is 3.67. The molecule has 0 aliphatic rings. The summed E-state index contributed by atoms with van der Waals surface area (Å²) in [6, 6.07) is 10.4. The standard InChI is InChI=1S/C17H13ClN2O3/c1-10(21)13-6-11-7-14(18)16(8-15(11)20-17(13)22)23-9-12-4-2-3-5-19-12/h2-8H,9H2,1H3,(H,20,22). The number of fused-ring (bicyclic) bond motifs is 1. The molecule has 1 N–H and O–H groups in total. The van der Waals surface area contributed by atoms with E-state index in [0.717, 1.165) is 5.69 Å². The molecule has 116 valence electrons. The number of H-pyrrole nitrogens is 1. The number of hydrogen-bond donors (Lipinski definition) is 1. The lowest BCUT2D eigenvalue weighted by Gasteiger charge is -2.09. The molecule has 0 bridgehead atoms. The minimum atomic E-state index is -0.428. The Hall–Kier alpha value is -2.66. The highest BCUT2D eigenvalue weighted by Crippen LogP contribution is 2.29. The first-order chi connectivity index (χ1) is 11.0. The number of ether oxygens (including phenoxy) is 1. The summed E-state index contributed by atoms with van der Waals surface area (Å²) < 4.78 is 5.67. The number of aromatic nitrogens is 2. The van der Waals surface area contributed by atoms with Crippen molar-refractivity contribution >= 4 is 28.3 Å². The van der Waals surface area contributed by atoms with Gasteiger partial charge >= 0.3 is 0 Å². The van der Waals surface area contributed by atoms with Crippen molar-refractivity contribution in [3.05, 3.63) is 69.2 Å². The predicted octanol–water partition coefficient (Wildman–Crippen LogP) is 3.36. The molecule has 23 heavy (non-hydrogen) atoms. The minimum Gasteiger partial charge on any atom is -0.486 e. The SMILES string of the molecule is CC(=O)c1cc2cc(Cl)c(OCc3ccccn3)cc2[nH]c1=O. The first-order valence-corrected chi connectivity index (χ1v) is 7.32. The van der Waals surface area contributed by atoms with Crippen LogP contribution < -0.4 is 10.3 Å². The second-order valence-electron chi connectivity index (χ2n) is 5.05. The second-order valence-corrected chi connectivity index (χ2v) is 5.46. The lowest BCUT2D eigenvalue weighted by Crippen LogP contribution is -2.15. The van der Waals surface area contributed by atoms with Crippen LogP contribution in [-0.2, 0) is 6.61 Å². The smallest absolute Gasteiger partial charge is 0.259 e. The molecule has 1 aromatic carbocycles. The van der Waals surface area contributed by atoms with Crippen LogP contribution in [0.1, 0.15) is 23.0 Å². The highest BCUT2D eigenvalue weighted by atomic mass is 35.5. The topological polar surface area (TPSA) is 72.0 Å². The van der Waals surface area contributed by atoms with Crippen LogP contribution in [0.25, 0.3) is 10.9 Å². The number of ketones is 1. The Bertz CT molecular complexity index is 936. The van der Waals surface area contributed by atoms with Crippen LogP contribution in [0.15, 0.2) is 47.4 Å². The summed E-state index contributed by atoms with van der Waals surface area (Å²) in [6.07, 6.45) is 1.68. The molecule has 0 unspecified atom stereocenters. The fourth-order valence-corrected chi connectivity index (χ4v) is 2.44. The lowest BCUT2D eigenvalue weighted by atomic mass is 10.1. The Morgan fingerprint density at radius 2 is 2.13 bits per heavy atom. The van der Waals surface area contributed by atoms with Crippen molar-refractivity contribution in [3.63, 3.8) is 0 Å². The molecule has 3 aromatic rings. The van der Waals surface area contributed by atoms with Crippen molar-refractivity contribution in [2.24, 2.45) is 0 Å². The molecule has 0 aliphatic heterocycles. The van der Waals surface area contributed by atoms with Crippen LogP contribution in [0.4, 0.5) is 0 Å². The number of rotatable bonds is 4. The molecule has 0 atom stereocenters. The largest absolute Gasteiger partial charge is 0.486 e. The van der Waals surface area contributed by atoms with Gasteiger partial charge in [-0.15, -0.1) is 0 Å². The Morgan fingerprint density at radius 3 is 2.83 bits per heavy atom. The van der Waals surface area contributed by atoms with Gasteiger partial charge in [0.1, 0.15) is 12.4 Å². The predicted molar refractivity (Wildman–Crippen MR) is 88.2 cm³/mol. The van der Waals surface area contributed by atoms with Gasteiger partial charge in [-0.3, -0.25) is 14.6 Å². The first-order valence-electron chi connectivity index (χ1n) is 6.95. The first kappa shape index (κ1) is 15.2. The van der Waals surface area contributed by atoms with E-state index < -0.39 is 5.56 Å². The summed E-state index contributed by atoms with van der Waals surface area (Å²) in [4.78, 5) is 30.2. The van der Waals surface area contributed by atoms with E-state index in [9.17, 15) is 9.59 Å². The van der Waals surface area contributed by atoms with Crippen molar-refractivity contribution in [2.45, 2.75) is 13.5 Å². The highest BCUT2D eigenvalue weighted by molar-refractivity contribution is 6.32. The molecular weight excluding hydrogens is 316 g/mol. The third kappa shape index (κ3) is 3.24. The molecular formula is C17H13ClN2O3. The number of pyridine rings is 2. The maximum absolute atomic E-state index is 11.9. The normalized spacial score (nSPS) is 10.7. The number of halogens is 1. The Morgan fingerprint density at radius 1 is 1.30 bits per heavy atom. The van der Waals surface area contributed by atoms with Gasteiger partial charge in [0.15, 0.2) is 5.78 Å². The lowest BCUT2D eigenvalue weighted by molar-refractivity contribution is 0.101. The third-order valence-electron chi connectivity index (χ3n) is 3.38. The quantitative estimate of drug-likeness (QED) is 0.745. The molecule has 0 saturated carbocycles. The molecule has 0 spiro atoms. The average Bonchev–Trinajstić information content (AvgIpc) is 2.53. The fraction of sp³-hybridized carbons (Fsp3) is 0.118. The molecule has 2 aromatic heterocycles. The minimum absolute atomic E-state index is 0.107. The second kappa shape index (κ2) is 6.22. The molecule has 3 rings (SSSR count). The van der Waals surface area contributed by atoms with E-state index >= 15 is 0 Å². The molecule has 0 radical (unpaired) electrons. The van der Waals surface area contributed by atoms with Gasteiger partial charge < -0.3 is 9.72 Å². The van der Waals surface area contributed by atoms with Crippen LogP contribution in [-0.4, -0.2) is 15.8 Å². The monoisotopic (exact) mass is 328 g/mol. The number of benzene rings is 1. The summed E-state index contributed by atoms with van der Waals surface area (Å²) in [7, 11) is 0. The van der Waals surface area contributed by atoms with E-state index in [2.05, 4.69) is 9.97 Å². The van der Waals surface area contributed by atoms with Gasteiger partial charge in [-0.2, -0.15) is 0 Å². The van der Waals surface area contributed by atoms with E-state index in [1.807, 2.05) is 18.2 Å². The van der Waals surface area contributed by atoms with Crippen LogP contribution in [0, 0.1) is 0 Å². The number of hydrogen-bond acceptors (Lipinski definition) is 4. The van der Waals surface area contributed by atoms with Crippen LogP contribution in [0.3, 0.4) is 0 Å². The zero-order valence-electron chi connectivity index (χ0n) is 12.3. The summed E-state index contributed by atoms with van der Waals surface area (Å²) >= 11 is 6.22. The number of aromatic amines is 1. The van der Waals surface area contributed by atoms with Crippen molar-refractivity contribution in [1.82, 2.24) is 9.97 Å². The van der Waals surface area contributed by atoms with Crippen molar-refractivity contribution in [3.8, 4) is 5.75 Å². The van der Waals surface area contributed by atoms with Gasteiger partial charge in [0.25, 0.3) is 5.56 Å². The Labute approximate surface area is 136 Å². The van der Waals surface area contributed by atoms with E-state index in [1.165, 1.54) is 13.0 Å². The molecule has 0 saturated heterocycles. The summed E-state index contributed by atoms with van der Waals surface area (Å²) in [5.74, 6) is 0.149. The number of Topliss-reactive ketones (excluding diaryl/α,β-unsaturated/α-hetero) is 1. The van der Waals surface area contributed by atoms with Crippen molar-refractivity contribution < 1.29 is 9.53 Å². The van der Waals surface area contributed by atoms with Gasteiger partial charge in [0.2, 0.25) is 0 Å². The number of carbonyl (C=O) groups is 1. The van der Waals surface area contributed by atoms with Gasteiger partial charge in [-0.05, 0) is 31.2 Å².